The largest absolute Gasteiger partial charge is 0.369 e. The molecule has 0 atom stereocenters. The van der Waals surface area contributed by atoms with E-state index in [4.69, 9.17) is 5.73 Å². The Balaban J connectivity index is 2.35. The third kappa shape index (κ3) is 6.02. The molecule has 0 unspecified atom stereocenters. The lowest BCUT2D eigenvalue weighted by Gasteiger charge is -2.05. The van der Waals surface area contributed by atoms with Gasteiger partial charge in [-0.3, -0.25) is 9.59 Å². The molecule has 98 valence electrons. The van der Waals surface area contributed by atoms with Crippen molar-refractivity contribution >= 4 is 39.5 Å². The van der Waals surface area contributed by atoms with Gasteiger partial charge in [0.1, 0.15) is 5.82 Å². The van der Waals surface area contributed by atoms with E-state index < -0.39 is 5.91 Å². The van der Waals surface area contributed by atoms with E-state index in [1.165, 1.54) is 12.1 Å². The van der Waals surface area contributed by atoms with Crippen LogP contribution in [-0.2, 0) is 16.1 Å². The van der Waals surface area contributed by atoms with Crippen LogP contribution < -0.4 is 11.1 Å². The Labute approximate surface area is 117 Å². The molecule has 0 aliphatic rings. The molecular weight excluding hydrogens is 323 g/mol. The second-order valence-corrected chi connectivity index (χ2v) is 5.41. The number of hydrogen-bond donors (Lipinski definition) is 2. The van der Waals surface area contributed by atoms with Gasteiger partial charge < -0.3 is 11.1 Å². The summed E-state index contributed by atoms with van der Waals surface area (Å²) in [5.74, 6) is -0.779. The summed E-state index contributed by atoms with van der Waals surface area (Å²) in [4.78, 5) is 21.8. The number of nitrogens with two attached hydrogens (primary N) is 1. The Morgan fingerprint density at radius 1 is 1.33 bits per heavy atom. The van der Waals surface area contributed by atoms with Gasteiger partial charge in [0.05, 0.1) is 11.5 Å². The fourth-order valence-electron chi connectivity index (χ4n) is 1.21. The topological polar surface area (TPSA) is 72.2 Å². The van der Waals surface area contributed by atoms with Crippen LogP contribution in [0.3, 0.4) is 0 Å². The number of nitrogens with one attached hydrogen (secondary N) is 1. The van der Waals surface area contributed by atoms with Crippen LogP contribution in [0.2, 0.25) is 0 Å². The lowest BCUT2D eigenvalue weighted by molar-refractivity contribution is -0.118. The molecule has 0 saturated heterocycles. The number of thioether (sulfide) groups is 1. The van der Waals surface area contributed by atoms with Gasteiger partial charge in [-0.25, -0.2) is 4.39 Å². The van der Waals surface area contributed by atoms with E-state index in [9.17, 15) is 14.0 Å². The van der Waals surface area contributed by atoms with Gasteiger partial charge in [-0.15, -0.1) is 11.8 Å². The normalized spacial score (nSPS) is 10.1. The van der Waals surface area contributed by atoms with E-state index in [1.807, 2.05) is 0 Å². The highest BCUT2D eigenvalue weighted by Crippen LogP contribution is 2.14. The smallest absolute Gasteiger partial charge is 0.230 e. The van der Waals surface area contributed by atoms with Crippen molar-refractivity contribution in [3.8, 4) is 0 Å². The van der Waals surface area contributed by atoms with Crippen molar-refractivity contribution in [3.05, 3.63) is 34.1 Å². The zero-order chi connectivity index (χ0) is 13.5. The SMILES string of the molecule is NC(=O)CSCC(=O)NCc1cc(F)cc(Br)c1. The zero-order valence-corrected chi connectivity index (χ0v) is 11.8. The Hall–Kier alpha value is -1.08. The van der Waals surface area contributed by atoms with E-state index in [0.29, 0.717) is 10.0 Å². The average Bonchev–Trinajstić information content (AvgIpc) is 2.24. The van der Waals surface area contributed by atoms with Crippen molar-refractivity contribution in [2.45, 2.75) is 6.54 Å². The number of hydrogen-bond acceptors (Lipinski definition) is 3. The second kappa shape index (κ2) is 7.38. The number of primary amides is 1. The molecule has 3 N–H and O–H groups in total. The molecule has 0 radical (unpaired) electrons. The Bertz CT molecular complexity index is 436. The van der Waals surface area contributed by atoms with E-state index in [0.717, 1.165) is 11.8 Å². The maximum Gasteiger partial charge on any atom is 0.230 e. The molecule has 1 aromatic carbocycles. The lowest BCUT2D eigenvalue weighted by atomic mass is 10.2. The van der Waals surface area contributed by atoms with Gasteiger partial charge in [0.25, 0.3) is 0 Å². The van der Waals surface area contributed by atoms with Crippen molar-refractivity contribution < 1.29 is 14.0 Å². The Morgan fingerprint density at radius 3 is 2.67 bits per heavy atom. The summed E-state index contributed by atoms with van der Waals surface area (Å²) in [6, 6.07) is 4.41. The molecule has 0 aliphatic heterocycles. The summed E-state index contributed by atoms with van der Waals surface area (Å²) in [7, 11) is 0. The summed E-state index contributed by atoms with van der Waals surface area (Å²) in [6.45, 7) is 0.242. The monoisotopic (exact) mass is 334 g/mol. The van der Waals surface area contributed by atoms with Gasteiger partial charge in [-0.2, -0.15) is 0 Å². The summed E-state index contributed by atoms with van der Waals surface area (Å²) in [5.41, 5.74) is 5.60. The van der Waals surface area contributed by atoms with Crippen molar-refractivity contribution in [2.24, 2.45) is 5.73 Å². The number of amides is 2. The summed E-state index contributed by atoms with van der Waals surface area (Å²) >= 11 is 4.31. The summed E-state index contributed by atoms with van der Waals surface area (Å²) in [6.07, 6.45) is 0. The van der Waals surface area contributed by atoms with Gasteiger partial charge in [-0.05, 0) is 23.8 Å². The van der Waals surface area contributed by atoms with E-state index >= 15 is 0 Å². The fraction of sp³-hybridized carbons (Fsp3) is 0.273. The van der Waals surface area contributed by atoms with Gasteiger partial charge in [-0.1, -0.05) is 15.9 Å². The van der Waals surface area contributed by atoms with Crippen molar-refractivity contribution in [2.75, 3.05) is 11.5 Å². The lowest BCUT2D eigenvalue weighted by Crippen LogP contribution is -2.25. The summed E-state index contributed by atoms with van der Waals surface area (Å²) in [5, 5.41) is 2.63. The van der Waals surface area contributed by atoms with Crippen molar-refractivity contribution in [1.29, 1.82) is 0 Å². The third-order valence-electron chi connectivity index (χ3n) is 1.89. The molecule has 18 heavy (non-hydrogen) atoms. The maximum absolute atomic E-state index is 13.0. The molecule has 2 amide bonds. The highest BCUT2D eigenvalue weighted by Gasteiger charge is 2.04. The first-order valence-corrected chi connectivity index (χ1v) is 7.00. The Morgan fingerprint density at radius 2 is 2.06 bits per heavy atom. The maximum atomic E-state index is 13.0. The van der Waals surface area contributed by atoms with Gasteiger partial charge in [0, 0.05) is 11.0 Å². The molecule has 4 nitrogen and oxygen atoms in total. The molecular formula is C11H12BrFN2O2S. The molecule has 7 heteroatoms. The molecule has 0 fully saturated rings. The highest BCUT2D eigenvalue weighted by atomic mass is 79.9. The molecule has 1 rings (SSSR count). The summed E-state index contributed by atoms with van der Waals surface area (Å²) < 4.78 is 13.7. The van der Waals surface area contributed by atoms with Crippen LogP contribution in [0.5, 0.6) is 0 Å². The quantitative estimate of drug-likeness (QED) is 0.826. The van der Waals surface area contributed by atoms with Crippen molar-refractivity contribution in [3.63, 3.8) is 0 Å². The van der Waals surface area contributed by atoms with E-state index in [1.54, 1.807) is 6.07 Å². The molecule has 1 aromatic rings. The average molecular weight is 335 g/mol. The third-order valence-corrected chi connectivity index (χ3v) is 3.30. The van der Waals surface area contributed by atoms with Crippen LogP contribution in [0.15, 0.2) is 22.7 Å². The molecule has 0 bridgehead atoms. The van der Waals surface area contributed by atoms with Crippen LogP contribution in [0.1, 0.15) is 5.56 Å². The predicted octanol–water partition coefficient (Wildman–Crippen LogP) is 1.42. The van der Waals surface area contributed by atoms with Crippen LogP contribution in [0.4, 0.5) is 4.39 Å². The van der Waals surface area contributed by atoms with Crippen molar-refractivity contribution in [1.82, 2.24) is 5.32 Å². The van der Waals surface area contributed by atoms with Crippen LogP contribution >= 0.6 is 27.7 Å². The standard InChI is InChI=1S/C11H12BrFN2O2S/c12-8-1-7(2-9(13)3-8)4-15-11(17)6-18-5-10(14)16/h1-3H,4-6H2,(H2,14,16)(H,15,17). The fourth-order valence-corrected chi connectivity index (χ4v) is 2.31. The number of halogens is 2. The number of rotatable bonds is 6. The van der Waals surface area contributed by atoms with Crippen LogP contribution in [0, 0.1) is 5.82 Å². The minimum absolute atomic E-state index is 0.110. The predicted molar refractivity (Wildman–Crippen MR) is 72.5 cm³/mol. The van der Waals surface area contributed by atoms with E-state index in [-0.39, 0.29) is 29.8 Å². The number of carbonyl (C=O) groups excluding carboxylic acids is 2. The molecule has 0 saturated carbocycles. The van der Waals surface area contributed by atoms with Gasteiger partial charge >= 0.3 is 0 Å². The molecule has 0 heterocycles. The minimum atomic E-state index is -0.457. The molecule has 0 spiro atoms. The minimum Gasteiger partial charge on any atom is -0.369 e. The number of carbonyl (C=O) groups is 2. The zero-order valence-electron chi connectivity index (χ0n) is 9.41. The van der Waals surface area contributed by atoms with Crippen LogP contribution in [-0.4, -0.2) is 23.3 Å². The highest BCUT2D eigenvalue weighted by molar-refractivity contribution is 9.10. The van der Waals surface area contributed by atoms with Gasteiger partial charge in [0.15, 0.2) is 0 Å². The second-order valence-electron chi connectivity index (χ2n) is 3.51. The Kier molecular flexibility index (Phi) is 6.14. The first-order valence-electron chi connectivity index (χ1n) is 5.05. The molecule has 0 aromatic heterocycles. The van der Waals surface area contributed by atoms with Gasteiger partial charge in [0.2, 0.25) is 11.8 Å². The van der Waals surface area contributed by atoms with E-state index in [2.05, 4.69) is 21.2 Å². The first kappa shape index (κ1) is 15.0. The number of benzene rings is 1. The molecule has 0 aliphatic carbocycles. The first-order chi connectivity index (χ1) is 8.47. The van der Waals surface area contributed by atoms with Crippen LogP contribution in [0.25, 0.3) is 0 Å².